The number of hydrogen-bond acceptors (Lipinski definition) is 4. The summed E-state index contributed by atoms with van der Waals surface area (Å²) >= 11 is 0. The summed E-state index contributed by atoms with van der Waals surface area (Å²) in [4.78, 5) is 12.9. The lowest BCUT2D eigenvalue weighted by molar-refractivity contribution is -0.00838. The average molecular weight is 423 g/mol. The minimum atomic E-state index is -3.35. The normalized spacial score (nSPS) is 30.1. The summed E-state index contributed by atoms with van der Waals surface area (Å²) in [5.41, 5.74) is 1.62. The van der Waals surface area contributed by atoms with Crippen LogP contribution in [-0.2, 0) is 21.2 Å². The van der Waals surface area contributed by atoms with Gasteiger partial charge >= 0.3 is 0 Å². The molecule has 0 radical (unpaired) electrons. The molecule has 2 heterocycles. The summed E-state index contributed by atoms with van der Waals surface area (Å²) in [6.45, 7) is 3.83. The Labute approximate surface area is 174 Å². The summed E-state index contributed by atoms with van der Waals surface area (Å²) in [5.74, 6) is 1.87. The van der Waals surface area contributed by atoms with Crippen LogP contribution in [0.4, 0.5) is 0 Å². The summed E-state index contributed by atoms with van der Waals surface area (Å²) in [6, 6.07) is 3.25. The van der Waals surface area contributed by atoms with Gasteiger partial charge in [0, 0.05) is 17.3 Å². The van der Waals surface area contributed by atoms with E-state index in [9.17, 15) is 13.2 Å². The number of aromatic nitrogens is 1. The first kappa shape index (κ1) is 21.1. The van der Waals surface area contributed by atoms with Crippen LogP contribution in [0.5, 0.6) is 0 Å². The quantitative estimate of drug-likeness (QED) is 0.733. The van der Waals surface area contributed by atoms with E-state index in [1.165, 1.54) is 25.7 Å². The van der Waals surface area contributed by atoms with E-state index in [-0.39, 0.29) is 29.5 Å². The Morgan fingerprint density at radius 3 is 2.34 bits per heavy atom. The van der Waals surface area contributed by atoms with Gasteiger partial charge in [-0.25, -0.2) is 13.1 Å². The van der Waals surface area contributed by atoms with Crippen LogP contribution in [-0.4, -0.2) is 37.5 Å². The van der Waals surface area contributed by atoms with Gasteiger partial charge in [0.05, 0.1) is 24.5 Å². The molecule has 3 aliphatic rings. The second-order valence-corrected chi connectivity index (χ2v) is 11.2. The van der Waals surface area contributed by atoms with E-state index < -0.39 is 10.0 Å². The largest absolute Gasteiger partial charge is 0.376 e. The van der Waals surface area contributed by atoms with Crippen molar-refractivity contribution >= 4 is 10.0 Å². The second-order valence-electron chi connectivity index (χ2n) is 9.12. The maximum absolute atomic E-state index is 12.9. The van der Waals surface area contributed by atoms with Crippen LogP contribution in [0.15, 0.2) is 16.9 Å². The van der Waals surface area contributed by atoms with Gasteiger partial charge in [0.1, 0.15) is 0 Å². The Bertz CT molecular complexity index is 883. The van der Waals surface area contributed by atoms with E-state index in [1.54, 1.807) is 11.5 Å². The maximum atomic E-state index is 12.9. The molecule has 0 saturated heterocycles. The monoisotopic (exact) mass is 422 g/mol. The maximum Gasteiger partial charge on any atom is 0.254 e. The van der Waals surface area contributed by atoms with Crippen molar-refractivity contribution in [2.24, 2.45) is 11.8 Å². The highest BCUT2D eigenvalue weighted by molar-refractivity contribution is 7.89. The fraction of sp³-hybridized carbons (Fsp3) is 0.773. The van der Waals surface area contributed by atoms with Crippen molar-refractivity contribution in [3.05, 3.63) is 33.7 Å². The third-order valence-electron chi connectivity index (χ3n) is 7.12. The van der Waals surface area contributed by atoms with Crippen LogP contribution in [0, 0.1) is 18.8 Å². The lowest BCUT2D eigenvalue weighted by atomic mass is 9.84. The van der Waals surface area contributed by atoms with Crippen LogP contribution in [0.2, 0.25) is 0 Å². The lowest BCUT2D eigenvalue weighted by Gasteiger charge is -2.37. The third-order valence-corrected chi connectivity index (χ3v) is 8.54. The van der Waals surface area contributed by atoms with Gasteiger partial charge in [-0.05, 0) is 83.1 Å². The van der Waals surface area contributed by atoms with Gasteiger partial charge in [-0.1, -0.05) is 6.07 Å². The van der Waals surface area contributed by atoms with Crippen LogP contribution in [0.3, 0.4) is 0 Å². The molecule has 162 valence electrons. The van der Waals surface area contributed by atoms with Crippen molar-refractivity contribution in [2.75, 3.05) is 12.4 Å². The number of nitrogens with one attached hydrogen (secondary N) is 1. The molecule has 1 aliphatic heterocycles. The van der Waals surface area contributed by atoms with Gasteiger partial charge < -0.3 is 9.30 Å². The minimum Gasteiger partial charge on any atom is -0.376 e. The standard InChI is InChI=1S/C22H34N2O4S/c1-3-29(26,27)23-20-13-10-18-9-4-15(2)22(25)24(18)21(20)14-28-19-11-7-17(8-12-19)16-5-6-16/h4,9,16-17,19-21,23H,3,5-8,10-14H2,1-2H3/t17?,19?,20-,21+/m0/s1. The Morgan fingerprint density at radius 1 is 1.07 bits per heavy atom. The van der Waals surface area contributed by atoms with Gasteiger partial charge in [-0.3, -0.25) is 4.79 Å². The number of rotatable bonds is 7. The molecule has 0 spiro atoms. The SMILES string of the molecule is CCS(=O)(=O)N[C@H]1CCc2ccc(C)c(=O)n2[C@@H]1COC1CCC(C2CC2)CC1. The molecule has 6 nitrogen and oxygen atoms in total. The number of pyridine rings is 1. The number of ether oxygens (including phenoxy) is 1. The van der Waals surface area contributed by atoms with E-state index in [0.29, 0.717) is 25.0 Å². The van der Waals surface area contributed by atoms with E-state index in [4.69, 9.17) is 4.74 Å². The number of hydrogen-bond donors (Lipinski definition) is 1. The molecule has 1 N–H and O–H groups in total. The van der Waals surface area contributed by atoms with Gasteiger partial charge in [0.15, 0.2) is 0 Å². The number of fused-ring (bicyclic) bond motifs is 1. The fourth-order valence-corrected chi connectivity index (χ4v) is 6.01. The highest BCUT2D eigenvalue weighted by Crippen LogP contribution is 2.44. The van der Waals surface area contributed by atoms with E-state index >= 15 is 0 Å². The highest BCUT2D eigenvalue weighted by Gasteiger charge is 2.36. The van der Waals surface area contributed by atoms with Crippen LogP contribution >= 0.6 is 0 Å². The molecule has 4 rings (SSSR count). The topological polar surface area (TPSA) is 77.4 Å². The number of aryl methyl sites for hydroxylation is 2. The Kier molecular flexibility index (Phi) is 6.19. The fourth-order valence-electron chi connectivity index (χ4n) is 5.11. The van der Waals surface area contributed by atoms with E-state index in [1.807, 2.05) is 19.1 Å². The minimum absolute atomic E-state index is 0.0334. The molecule has 2 fully saturated rings. The van der Waals surface area contributed by atoms with E-state index in [0.717, 1.165) is 30.4 Å². The molecule has 7 heteroatoms. The molecule has 0 amide bonds. The molecule has 2 atom stereocenters. The molecule has 1 aromatic heterocycles. The van der Waals surface area contributed by atoms with Crippen molar-refractivity contribution in [1.82, 2.24) is 9.29 Å². The third kappa shape index (κ3) is 4.78. The van der Waals surface area contributed by atoms with Gasteiger partial charge in [-0.15, -0.1) is 0 Å². The van der Waals surface area contributed by atoms with Crippen molar-refractivity contribution in [2.45, 2.75) is 83.4 Å². The first-order valence-electron chi connectivity index (χ1n) is 11.2. The predicted octanol–water partition coefficient (Wildman–Crippen LogP) is 2.94. The highest BCUT2D eigenvalue weighted by atomic mass is 32.2. The first-order valence-corrected chi connectivity index (χ1v) is 12.9. The Hall–Kier alpha value is -1.18. The molecule has 0 unspecified atom stereocenters. The zero-order chi connectivity index (χ0) is 20.6. The molecule has 1 aromatic rings. The van der Waals surface area contributed by atoms with Gasteiger partial charge in [0.25, 0.3) is 5.56 Å². The predicted molar refractivity (Wildman–Crippen MR) is 114 cm³/mol. The first-order chi connectivity index (χ1) is 13.9. The van der Waals surface area contributed by atoms with Crippen LogP contribution < -0.4 is 10.3 Å². The summed E-state index contributed by atoms with van der Waals surface area (Å²) in [7, 11) is -3.35. The molecule has 0 aromatic carbocycles. The van der Waals surface area contributed by atoms with Gasteiger partial charge in [-0.2, -0.15) is 0 Å². The molecule has 2 saturated carbocycles. The zero-order valence-electron chi connectivity index (χ0n) is 17.6. The summed E-state index contributed by atoms with van der Waals surface area (Å²) in [5, 5.41) is 0. The van der Waals surface area contributed by atoms with Crippen LogP contribution in [0.25, 0.3) is 0 Å². The molecule has 0 bridgehead atoms. The Morgan fingerprint density at radius 2 is 1.72 bits per heavy atom. The molecular weight excluding hydrogens is 388 g/mol. The summed E-state index contributed by atoms with van der Waals surface area (Å²) < 4.78 is 35.4. The lowest BCUT2D eigenvalue weighted by Crippen LogP contribution is -2.50. The van der Waals surface area contributed by atoms with E-state index in [2.05, 4.69) is 4.72 Å². The van der Waals surface area contributed by atoms with Gasteiger partial charge in [0.2, 0.25) is 10.0 Å². The summed E-state index contributed by atoms with van der Waals surface area (Å²) in [6.07, 6.45) is 9.03. The molecular formula is C22H34N2O4S. The zero-order valence-corrected chi connectivity index (χ0v) is 18.4. The van der Waals surface area contributed by atoms with Crippen molar-refractivity contribution < 1.29 is 13.2 Å². The number of nitrogens with zero attached hydrogens (tertiary/aromatic N) is 1. The van der Waals surface area contributed by atoms with Crippen molar-refractivity contribution in [3.63, 3.8) is 0 Å². The Balaban J connectivity index is 1.50. The van der Waals surface area contributed by atoms with Crippen LogP contribution in [0.1, 0.15) is 69.2 Å². The smallest absolute Gasteiger partial charge is 0.254 e. The molecule has 29 heavy (non-hydrogen) atoms. The number of sulfonamides is 1. The second kappa shape index (κ2) is 8.52. The van der Waals surface area contributed by atoms with Crippen molar-refractivity contribution in [1.29, 1.82) is 0 Å². The molecule has 2 aliphatic carbocycles. The van der Waals surface area contributed by atoms with Crippen molar-refractivity contribution in [3.8, 4) is 0 Å². The average Bonchev–Trinajstić information content (AvgIpc) is 3.55.